The molecule has 0 aliphatic carbocycles. The Morgan fingerprint density at radius 2 is 0.270 bits per heavy atom. The summed E-state index contributed by atoms with van der Waals surface area (Å²) in [5.41, 5.74) is -37.1. The van der Waals surface area contributed by atoms with Crippen molar-refractivity contribution in [3.05, 3.63) is 269 Å². The molecule has 0 saturated carbocycles. The van der Waals surface area contributed by atoms with E-state index >= 15 is 123 Å². The summed E-state index contributed by atoms with van der Waals surface area (Å²) in [5, 5.41) is 2.72. The zero-order valence-electron chi connectivity index (χ0n) is 54.9. The quantitative estimate of drug-likeness (QED) is 0.0588. The first-order valence-electron chi connectivity index (χ1n) is 31.7. The van der Waals surface area contributed by atoms with Crippen molar-refractivity contribution in [3.63, 3.8) is 0 Å². The van der Waals surface area contributed by atoms with Crippen LogP contribution in [0.4, 0.5) is 143 Å². The van der Waals surface area contributed by atoms with Crippen molar-refractivity contribution in [2.24, 2.45) is 0 Å². The first-order valence-corrected chi connectivity index (χ1v) is 31.7. The van der Waals surface area contributed by atoms with Gasteiger partial charge in [-0.15, -0.1) is 0 Å². The Labute approximate surface area is 614 Å². The smallest absolute Gasteiger partial charge is 0.200 e. The van der Waals surface area contributed by atoms with Crippen LogP contribution in [0.25, 0.3) is 160 Å². The van der Waals surface area contributed by atoms with E-state index in [2.05, 4.69) is 45.2 Å². The summed E-state index contributed by atoms with van der Waals surface area (Å²) < 4.78 is 475. The van der Waals surface area contributed by atoms with Crippen LogP contribution in [0.1, 0.15) is 45.6 Å². The summed E-state index contributed by atoms with van der Waals surface area (Å²) in [7, 11) is 0. The summed E-state index contributed by atoms with van der Waals surface area (Å²) in [6.07, 6.45) is 5.13. The SMILES string of the molecule is Fc1c(F)c(F)c(-c2c3nc(c(-c4c(F)c(F)c(F)c(F)c4F)c4ccc([nH]4)c(-c4c(F)c(F)c(F)c(F)c4F)c4nc(c(Nc5c6nc(c(-c7c(F)c(F)c(F)c(F)c7F)c7ccc([nH]7)c(-c7c(F)c(F)c(F)c(F)c7F)c7nc(c(-c8c(F)c(F)c(F)c(F)c8F)c8ccc5[nH]8)C=C7)C=C6)c5ccc2[nH]5)C=C4)C=C3)c(F)c1F. The Balaban J connectivity index is 1.11. The lowest BCUT2D eigenvalue weighted by atomic mass is 10.0. The van der Waals surface area contributed by atoms with Crippen molar-refractivity contribution in [2.45, 2.75) is 0 Å². The van der Waals surface area contributed by atoms with E-state index < -0.39 is 342 Å². The fourth-order valence-corrected chi connectivity index (χ4v) is 13.3. The highest BCUT2D eigenvalue weighted by molar-refractivity contribution is 6.04. The number of nitrogens with one attached hydrogen (secondary N) is 5. The van der Waals surface area contributed by atoms with Gasteiger partial charge in [0.05, 0.1) is 101 Å². The van der Waals surface area contributed by atoms with Gasteiger partial charge in [0.15, 0.2) is 140 Å². The minimum atomic E-state index is -2.80. The molecule has 39 heteroatoms. The summed E-state index contributed by atoms with van der Waals surface area (Å²) in [6.45, 7) is 0. The topological polar surface area (TPSA) is 127 Å². The molecule has 12 aromatic rings. The summed E-state index contributed by atoms with van der Waals surface area (Å²) >= 11 is 0. The third-order valence-corrected chi connectivity index (χ3v) is 18.5. The number of H-pyrrole nitrogens is 4. The number of nitrogens with zero attached hydrogens (tertiary/aromatic N) is 4. The predicted molar refractivity (Wildman–Crippen MR) is 352 cm³/mol. The number of anilines is 2. The number of halogens is 30. The summed E-state index contributed by atoms with van der Waals surface area (Å²) in [5.74, 6) is -81.4. The third-order valence-electron chi connectivity index (χ3n) is 18.5. The molecule has 0 spiro atoms. The van der Waals surface area contributed by atoms with Gasteiger partial charge in [0, 0.05) is 66.5 Å². The number of benzene rings is 6. The van der Waals surface area contributed by atoms with Gasteiger partial charge in [0.25, 0.3) is 0 Å². The van der Waals surface area contributed by atoms with Crippen LogP contribution in [0.2, 0.25) is 0 Å². The average molecular weight is 1630 g/mol. The average Bonchev–Trinajstić information content (AvgIpc) is 1.62. The fourth-order valence-electron chi connectivity index (χ4n) is 13.3. The van der Waals surface area contributed by atoms with Gasteiger partial charge in [-0.25, -0.2) is 152 Å². The van der Waals surface area contributed by atoms with Crippen molar-refractivity contribution in [3.8, 4) is 66.8 Å². The van der Waals surface area contributed by atoms with Crippen molar-refractivity contribution in [2.75, 3.05) is 5.32 Å². The Bertz CT molecular complexity index is 6300. The Hall–Kier alpha value is -13.8. The van der Waals surface area contributed by atoms with Gasteiger partial charge in [0.1, 0.15) is 0 Å². The summed E-state index contributed by atoms with van der Waals surface area (Å²) in [6, 6.07) is 5.35. The second kappa shape index (κ2) is 27.0. The maximum absolute atomic E-state index is 16.7. The second-order valence-electron chi connectivity index (χ2n) is 24.8. The minimum Gasteiger partial charge on any atom is -0.354 e. The van der Waals surface area contributed by atoms with E-state index in [0.717, 1.165) is 24.3 Å². The van der Waals surface area contributed by atoms with Crippen molar-refractivity contribution < 1.29 is 132 Å². The lowest BCUT2D eigenvalue weighted by Gasteiger charge is -2.12. The first kappa shape index (κ1) is 75.3. The van der Waals surface area contributed by atoms with Crippen LogP contribution in [-0.4, -0.2) is 39.9 Å². The van der Waals surface area contributed by atoms with Crippen LogP contribution >= 0.6 is 0 Å². The van der Waals surface area contributed by atoms with Gasteiger partial charge < -0.3 is 25.3 Å². The highest BCUT2D eigenvalue weighted by atomic mass is 19.2. The van der Waals surface area contributed by atoms with E-state index in [-0.39, 0.29) is 0 Å². The van der Waals surface area contributed by atoms with Crippen molar-refractivity contribution >= 4 is 104 Å². The molecule has 5 N–H and O–H groups in total. The van der Waals surface area contributed by atoms with E-state index in [0.29, 0.717) is 72.9 Å². The molecule has 4 aliphatic heterocycles. The normalized spacial score (nSPS) is 12.5. The molecule has 16 rings (SSSR count). The zero-order chi connectivity index (χ0) is 82.3. The maximum Gasteiger partial charge on any atom is 0.200 e. The van der Waals surface area contributed by atoms with Gasteiger partial charge in [-0.1, -0.05) is 0 Å². The highest BCUT2D eigenvalue weighted by Crippen LogP contribution is 2.48. The molecule has 9 nitrogen and oxygen atoms in total. The molecule has 0 radical (unpaired) electrons. The number of aromatic amines is 4. The molecular weight excluding hydrogens is 1610 g/mol. The van der Waals surface area contributed by atoms with Crippen LogP contribution in [0.3, 0.4) is 0 Å². The molecule has 0 fully saturated rings. The molecule has 0 atom stereocenters. The van der Waals surface area contributed by atoms with E-state index in [4.69, 9.17) is 0 Å². The summed E-state index contributed by atoms with van der Waals surface area (Å²) in [4.78, 5) is 26.5. The number of hydrogen-bond donors (Lipinski definition) is 5. The molecule has 10 heterocycles. The fraction of sp³-hybridized carbons (Fsp3) is 0. The molecule has 6 aromatic heterocycles. The highest BCUT2D eigenvalue weighted by Gasteiger charge is 2.38. The molecule has 0 amide bonds. The zero-order valence-corrected chi connectivity index (χ0v) is 54.9. The Kier molecular flexibility index (Phi) is 17.7. The largest absolute Gasteiger partial charge is 0.354 e. The maximum atomic E-state index is 16.7. The van der Waals surface area contributed by atoms with Gasteiger partial charge in [0.2, 0.25) is 34.9 Å². The van der Waals surface area contributed by atoms with Crippen LogP contribution in [0.15, 0.2) is 48.5 Å². The minimum absolute atomic E-state index is 0.565. The second-order valence-corrected chi connectivity index (χ2v) is 24.8. The Morgan fingerprint density at radius 1 is 0.148 bits per heavy atom. The molecule has 115 heavy (non-hydrogen) atoms. The Morgan fingerprint density at radius 3 is 0.435 bits per heavy atom. The van der Waals surface area contributed by atoms with Gasteiger partial charge in [-0.3, -0.25) is 0 Å². The number of rotatable bonds is 8. The van der Waals surface area contributed by atoms with E-state index in [9.17, 15) is 8.78 Å². The lowest BCUT2D eigenvalue weighted by molar-refractivity contribution is 0.381. The third kappa shape index (κ3) is 11.2. The molecule has 0 saturated heterocycles. The van der Waals surface area contributed by atoms with Crippen molar-refractivity contribution in [1.29, 1.82) is 0 Å². The van der Waals surface area contributed by atoms with Gasteiger partial charge in [-0.05, 0) is 97.1 Å². The van der Waals surface area contributed by atoms with Crippen molar-refractivity contribution in [1.82, 2.24) is 39.9 Å². The molecule has 0 unspecified atom stereocenters. The van der Waals surface area contributed by atoms with Crippen LogP contribution in [0, 0.1) is 175 Å². The number of hydrogen-bond acceptors (Lipinski definition) is 5. The molecular formula is C76H21F30N9. The van der Waals surface area contributed by atoms with E-state index in [1.165, 1.54) is 0 Å². The molecule has 6 aromatic carbocycles. The standard InChI is InChI=1S/C76H21F30N9/c77-45-39(46(78)58(90)69(101)57(45)89)33-17-1-5-21(107-17)35(41-49(81)61(93)71(103)62(94)50(41)82)25-9-13-29(111-25)75(30-14-10-26(112-30)36(22-6-2-18(33)108-22)42-51(83)63(95)72(104)64(96)52(42)84)115-76-31-15-11-27(113-31)37(43-53(85)65(97)73(105)66(98)54(43)86)23-7-3-19(109-23)34(40-47(79)59(91)70(102)60(92)48(40)80)20-4-8-24(110-20)38(28-12-16-32(76)114-28)44-55(87)67(99)74(106)68(100)56(44)88/h1-16,107,109,112,114-115H. The van der Waals surface area contributed by atoms with Crippen LogP contribution in [-0.2, 0) is 0 Å². The molecule has 580 valence electrons. The van der Waals surface area contributed by atoms with E-state index in [1.54, 1.807) is 0 Å². The monoisotopic (exact) mass is 1630 g/mol. The number of fused-ring (bicyclic) bond motifs is 16. The van der Waals surface area contributed by atoms with E-state index in [1.807, 2.05) is 0 Å². The first-order chi connectivity index (χ1) is 54.5. The lowest BCUT2D eigenvalue weighted by Crippen LogP contribution is -2.06. The number of aromatic nitrogens is 8. The molecule has 4 aliphatic rings. The predicted octanol–water partition coefficient (Wildman–Crippen LogP) is 23.5. The molecule has 16 bridgehead atoms. The van der Waals surface area contributed by atoms with Gasteiger partial charge in [-0.2, -0.15) is 0 Å². The van der Waals surface area contributed by atoms with Crippen LogP contribution < -0.4 is 5.32 Å². The van der Waals surface area contributed by atoms with Crippen LogP contribution in [0.5, 0.6) is 0 Å². The van der Waals surface area contributed by atoms with Gasteiger partial charge >= 0.3 is 0 Å².